The maximum Gasteiger partial charge on any atom is 0.156 e. The monoisotopic (exact) mass is 217 g/mol. The molecule has 5 heteroatoms. The lowest BCUT2D eigenvalue weighted by Gasteiger charge is -2.07. The smallest absolute Gasteiger partial charge is 0.156 e. The Bertz CT molecular complexity index is 418. The van der Waals surface area contributed by atoms with Crippen LogP contribution in [0, 0.1) is 0 Å². The third-order valence-corrected chi connectivity index (χ3v) is 2.15. The Morgan fingerprint density at radius 3 is 2.75 bits per heavy atom. The van der Waals surface area contributed by atoms with E-state index >= 15 is 0 Å². The van der Waals surface area contributed by atoms with Gasteiger partial charge in [-0.1, -0.05) is 13.8 Å². The second kappa shape index (κ2) is 4.85. The Hall–Kier alpha value is -1.75. The molecule has 2 aromatic rings. The number of aromatic nitrogens is 4. The van der Waals surface area contributed by atoms with Gasteiger partial charge < -0.3 is 5.32 Å². The van der Waals surface area contributed by atoms with E-state index in [2.05, 4.69) is 34.1 Å². The van der Waals surface area contributed by atoms with Gasteiger partial charge in [-0.3, -0.25) is 9.55 Å². The molecule has 2 aromatic heterocycles. The maximum absolute atomic E-state index is 4.33. The van der Waals surface area contributed by atoms with Crippen molar-refractivity contribution in [1.29, 1.82) is 0 Å². The van der Waals surface area contributed by atoms with Crippen LogP contribution in [0.15, 0.2) is 31.1 Å². The van der Waals surface area contributed by atoms with Crippen molar-refractivity contribution in [2.75, 3.05) is 0 Å². The van der Waals surface area contributed by atoms with Gasteiger partial charge in [0.2, 0.25) is 0 Å². The minimum Gasteiger partial charge on any atom is -0.309 e. The molecule has 0 saturated carbocycles. The summed E-state index contributed by atoms with van der Waals surface area (Å²) in [6, 6.07) is 0.454. The molecule has 0 radical (unpaired) electrons. The minimum atomic E-state index is 0.454. The molecule has 84 valence electrons. The van der Waals surface area contributed by atoms with Crippen molar-refractivity contribution in [1.82, 2.24) is 24.8 Å². The summed E-state index contributed by atoms with van der Waals surface area (Å²) in [5, 5.41) is 3.29. The molecule has 0 spiro atoms. The highest BCUT2D eigenvalue weighted by Crippen LogP contribution is 2.01. The van der Waals surface area contributed by atoms with Crippen LogP contribution in [0.1, 0.15) is 19.5 Å². The molecular formula is C11H15N5. The highest BCUT2D eigenvalue weighted by molar-refractivity contribution is 5.18. The van der Waals surface area contributed by atoms with E-state index in [0.717, 1.165) is 18.1 Å². The number of nitrogens with zero attached hydrogens (tertiary/aromatic N) is 4. The maximum atomic E-state index is 4.33. The summed E-state index contributed by atoms with van der Waals surface area (Å²) in [6.07, 6.45) is 8.80. The first-order chi connectivity index (χ1) is 7.75. The standard InChI is InChI=1S/C11H15N5/c1-9(2)13-5-10-6-15-11(7-14-10)16-4-3-12-8-16/h3-4,6-9,13H,5H2,1-2H3. The van der Waals surface area contributed by atoms with Crippen molar-refractivity contribution < 1.29 is 0 Å². The molecule has 0 amide bonds. The largest absolute Gasteiger partial charge is 0.309 e. The molecule has 0 aliphatic carbocycles. The Labute approximate surface area is 94.6 Å². The number of imidazole rings is 1. The summed E-state index contributed by atoms with van der Waals surface area (Å²) in [6.45, 7) is 4.95. The minimum absolute atomic E-state index is 0.454. The summed E-state index contributed by atoms with van der Waals surface area (Å²) in [4.78, 5) is 12.6. The van der Waals surface area contributed by atoms with E-state index in [0.29, 0.717) is 6.04 Å². The van der Waals surface area contributed by atoms with Crippen LogP contribution in [0.4, 0.5) is 0 Å². The van der Waals surface area contributed by atoms with Gasteiger partial charge in [-0.05, 0) is 0 Å². The van der Waals surface area contributed by atoms with E-state index in [1.807, 2.05) is 10.8 Å². The van der Waals surface area contributed by atoms with Crippen molar-refractivity contribution in [2.45, 2.75) is 26.4 Å². The fourth-order valence-corrected chi connectivity index (χ4v) is 1.28. The Morgan fingerprint density at radius 2 is 2.19 bits per heavy atom. The predicted octanol–water partition coefficient (Wildman–Crippen LogP) is 1.16. The predicted molar refractivity (Wildman–Crippen MR) is 61.1 cm³/mol. The molecule has 2 rings (SSSR count). The second-order valence-electron chi connectivity index (χ2n) is 3.87. The van der Waals surface area contributed by atoms with Crippen LogP contribution in [0.3, 0.4) is 0 Å². The molecule has 16 heavy (non-hydrogen) atoms. The fourth-order valence-electron chi connectivity index (χ4n) is 1.28. The van der Waals surface area contributed by atoms with Crippen molar-refractivity contribution in [3.05, 3.63) is 36.8 Å². The second-order valence-corrected chi connectivity index (χ2v) is 3.87. The molecule has 0 atom stereocenters. The van der Waals surface area contributed by atoms with Gasteiger partial charge in [0, 0.05) is 25.0 Å². The Morgan fingerprint density at radius 1 is 1.31 bits per heavy atom. The number of nitrogens with one attached hydrogen (secondary N) is 1. The molecular weight excluding hydrogens is 202 g/mol. The van der Waals surface area contributed by atoms with Gasteiger partial charge >= 0.3 is 0 Å². The molecule has 0 bridgehead atoms. The molecule has 0 unspecified atom stereocenters. The summed E-state index contributed by atoms with van der Waals surface area (Å²) < 4.78 is 1.83. The zero-order valence-corrected chi connectivity index (χ0v) is 9.46. The molecule has 0 saturated heterocycles. The third-order valence-electron chi connectivity index (χ3n) is 2.15. The summed E-state index contributed by atoms with van der Waals surface area (Å²) in [5.41, 5.74) is 0.942. The van der Waals surface area contributed by atoms with E-state index in [-0.39, 0.29) is 0 Å². The lowest BCUT2D eigenvalue weighted by atomic mass is 10.3. The Kier molecular flexibility index (Phi) is 3.26. The zero-order valence-electron chi connectivity index (χ0n) is 9.46. The number of rotatable bonds is 4. The fraction of sp³-hybridized carbons (Fsp3) is 0.364. The van der Waals surface area contributed by atoms with Crippen LogP contribution < -0.4 is 5.32 Å². The molecule has 1 N–H and O–H groups in total. The molecule has 0 aromatic carbocycles. The first-order valence-electron chi connectivity index (χ1n) is 5.28. The first kappa shape index (κ1) is 10.8. The van der Waals surface area contributed by atoms with Gasteiger partial charge in [0.25, 0.3) is 0 Å². The molecule has 0 aliphatic heterocycles. The quantitative estimate of drug-likeness (QED) is 0.835. The lowest BCUT2D eigenvalue weighted by Crippen LogP contribution is -2.22. The van der Waals surface area contributed by atoms with Gasteiger partial charge in [-0.2, -0.15) is 0 Å². The SMILES string of the molecule is CC(C)NCc1cnc(-n2ccnc2)cn1. The van der Waals surface area contributed by atoms with Gasteiger partial charge in [-0.25, -0.2) is 9.97 Å². The van der Waals surface area contributed by atoms with Crippen LogP contribution in [-0.4, -0.2) is 25.6 Å². The van der Waals surface area contributed by atoms with Crippen LogP contribution in [0.5, 0.6) is 0 Å². The van der Waals surface area contributed by atoms with Crippen LogP contribution in [0.25, 0.3) is 5.82 Å². The summed E-state index contributed by atoms with van der Waals surface area (Å²) >= 11 is 0. The van der Waals surface area contributed by atoms with Gasteiger partial charge in [0.05, 0.1) is 18.1 Å². The first-order valence-corrected chi connectivity index (χ1v) is 5.28. The Balaban J connectivity index is 2.05. The average Bonchev–Trinajstić information content (AvgIpc) is 2.80. The molecule has 5 nitrogen and oxygen atoms in total. The van der Waals surface area contributed by atoms with Crippen molar-refractivity contribution in [3.8, 4) is 5.82 Å². The summed E-state index contributed by atoms with van der Waals surface area (Å²) in [5.74, 6) is 0.783. The average molecular weight is 217 g/mol. The summed E-state index contributed by atoms with van der Waals surface area (Å²) in [7, 11) is 0. The molecule has 2 heterocycles. The van der Waals surface area contributed by atoms with Crippen molar-refractivity contribution in [3.63, 3.8) is 0 Å². The normalized spacial score (nSPS) is 10.9. The highest BCUT2D eigenvalue weighted by Gasteiger charge is 2.00. The van der Waals surface area contributed by atoms with Crippen LogP contribution in [0.2, 0.25) is 0 Å². The molecule has 0 aliphatic rings. The number of hydrogen-bond acceptors (Lipinski definition) is 4. The zero-order chi connectivity index (χ0) is 11.4. The van der Waals surface area contributed by atoms with Crippen LogP contribution in [-0.2, 0) is 6.54 Å². The van der Waals surface area contributed by atoms with Gasteiger partial charge in [-0.15, -0.1) is 0 Å². The van der Waals surface area contributed by atoms with E-state index in [4.69, 9.17) is 0 Å². The van der Waals surface area contributed by atoms with E-state index < -0.39 is 0 Å². The highest BCUT2D eigenvalue weighted by atomic mass is 15.1. The lowest BCUT2D eigenvalue weighted by molar-refractivity contribution is 0.580. The van der Waals surface area contributed by atoms with Gasteiger partial charge in [0.1, 0.15) is 6.33 Å². The topological polar surface area (TPSA) is 55.6 Å². The number of hydrogen-bond donors (Lipinski definition) is 1. The molecule has 0 fully saturated rings. The van der Waals surface area contributed by atoms with E-state index in [1.165, 1.54) is 0 Å². The van der Waals surface area contributed by atoms with Crippen LogP contribution >= 0.6 is 0 Å². The van der Waals surface area contributed by atoms with E-state index in [1.54, 1.807) is 24.9 Å². The van der Waals surface area contributed by atoms with Gasteiger partial charge in [0.15, 0.2) is 5.82 Å². The van der Waals surface area contributed by atoms with Crippen molar-refractivity contribution >= 4 is 0 Å². The third kappa shape index (κ3) is 2.64. The van der Waals surface area contributed by atoms with Crippen molar-refractivity contribution in [2.24, 2.45) is 0 Å². The van der Waals surface area contributed by atoms with E-state index in [9.17, 15) is 0 Å².